The highest BCUT2D eigenvalue weighted by atomic mass is 16.1. The molecular weight excluding hydrogens is 164 g/mol. The monoisotopic (exact) mass is 174 g/mol. The molecule has 13 heavy (non-hydrogen) atoms. The molecule has 0 atom stereocenters. The van der Waals surface area contributed by atoms with Crippen LogP contribution in [0, 0.1) is 0 Å². The SMILES string of the molecule is CC1=C(C)CC2=NC=NC(=O)C2=C1. The van der Waals surface area contributed by atoms with Gasteiger partial charge in [0.05, 0.1) is 11.3 Å². The first-order chi connectivity index (χ1) is 6.18. The summed E-state index contributed by atoms with van der Waals surface area (Å²) in [5, 5.41) is 0. The highest BCUT2D eigenvalue weighted by molar-refractivity contribution is 6.27. The average molecular weight is 174 g/mol. The summed E-state index contributed by atoms with van der Waals surface area (Å²) in [7, 11) is 0. The Balaban J connectivity index is 2.50. The van der Waals surface area contributed by atoms with Gasteiger partial charge in [-0.3, -0.25) is 4.79 Å². The first-order valence-electron chi connectivity index (χ1n) is 4.20. The van der Waals surface area contributed by atoms with E-state index in [1.54, 1.807) is 0 Å². The highest BCUT2D eigenvalue weighted by Gasteiger charge is 2.21. The largest absolute Gasteiger partial charge is 0.280 e. The Bertz CT molecular complexity index is 397. The van der Waals surface area contributed by atoms with E-state index in [4.69, 9.17) is 0 Å². The van der Waals surface area contributed by atoms with Gasteiger partial charge in [0.1, 0.15) is 6.34 Å². The van der Waals surface area contributed by atoms with Gasteiger partial charge in [0, 0.05) is 6.42 Å². The summed E-state index contributed by atoms with van der Waals surface area (Å²) in [6.07, 6.45) is 3.98. The van der Waals surface area contributed by atoms with Crippen LogP contribution in [0.3, 0.4) is 0 Å². The third-order valence-corrected chi connectivity index (χ3v) is 2.40. The summed E-state index contributed by atoms with van der Waals surface area (Å²) in [4.78, 5) is 19.0. The van der Waals surface area contributed by atoms with Gasteiger partial charge in [-0.25, -0.2) is 4.99 Å². The molecule has 0 saturated heterocycles. The molecule has 0 spiro atoms. The molecule has 0 fully saturated rings. The molecule has 0 bridgehead atoms. The standard InChI is InChI=1S/C10H10N2O/c1-6-3-8-9(4-7(6)2)11-5-12-10(8)13/h3,5H,4H2,1-2H3. The fourth-order valence-corrected chi connectivity index (χ4v) is 1.43. The van der Waals surface area contributed by atoms with E-state index in [-0.39, 0.29) is 5.91 Å². The first-order valence-corrected chi connectivity index (χ1v) is 4.20. The topological polar surface area (TPSA) is 41.8 Å². The lowest BCUT2D eigenvalue weighted by Crippen LogP contribution is -2.19. The highest BCUT2D eigenvalue weighted by Crippen LogP contribution is 2.23. The van der Waals surface area contributed by atoms with E-state index in [1.165, 1.54) is 11.9 Å². The zero-order valence-corrected chi connectivity index (χ0v) is 7.66. The Labute approximate surface area is 76.6 Å². The Hall–Kier alpha value is -1.51. The zero-order chi connectivity index (χ0) is 9.42. The number of hydrogen-bond donors (Lipinski definition) is 0. The molecule has 1 aliphatic carbocycles. The molecule has 2 rings (SSSR count). The Morgan fingerprint density at radius 2 is 2.15 bits per heavy atom. The maximum atomic E-state index is 11.3. The van der Waals surface area contributed by atoms with Crippen LogP contribution in [0.5, 0.6) is 0 Å². The minimum atomic E-state index is -0.170. The van der Waals surface area contributed by atoms with Crippen LogP contribution < -0.4 is 0 Å². The molecule has 0 aromatic heterocycles. The molecule has 0 saturated carbocycles. The van der Waals surface area contributed by atoms with E-state index in [9.17, 15) is 4.79 Å². The molecule has 0 aromatic rings. The maximum absolute atomic E-state index is 11.3. The molecule has 0 radical (unpaired) electrons. The van der Waals surface area contributed by atoms with Crippen LogP contribution in [0.15, 0.2) is 32.8 Å². The van der Waals surface area contributed by atoms with Crippen molar-refractivity contribution in [1.82, 2.24) is 0 Å². The summed E-state index contributed by atoms with van der Waals surface area (Å²) >= 11 is 0. The second-order valence-corrected chi connectivity index (χ2v) is 3.32. The van der Waals surface area contributed by atoms with Crippen LogP contribution in [0.1, 0.15) is 20.3 Å². The van der Waals surface area contributed by atoms with Crippen molar-refractivity contribution >= 4 is 18.0 Å². The second kappa shape index (κ2) is 2.76. The van der Waals surface area contributed by atoms with E-state index in [2.05, 4.69) is 16.9 Å². The van der Waals surface area contributed by atoms with Crippen LogP contribution in [0.4, 0.5) is 0 Å². The quantitative estimate of drug-likeness (QED) is 0.550. The van der Waals surface area contributed by atoms with E-state index in [1.807, 2.05) is 13.0 Å². The second-order valence-electron chi connectivity index (χ2n) is 3.32. The van der Waals surface area contributed by atoms with Crippen LogP contribution >= 0.6 is 0 Å². The number of fused-ring (bicyclic) bond motifs is 1. The summed E-state index contributed by atoms with van der Waals surface area (Å²) in [6.45, 7) is 4.06. The van der Waals surface area contributed by atoms with Crippen LogP contribution in [0.2, 0.25) is 0 Å². The van der Waals surface area contributed by atoms with Crippen LogP contribution in [-0.2, 0) is 4.79 Å². The molecule has 0 unspecified atom stereocenters. The first kappa shape index (κ1) is 8.10. The number of rotatable bonds is 0. The van der Waals surface area contributed by atoms with Gasteiger partial charge >= 0.3 is 0 Å². The van der Waals surface area contributed by atoms with E-state index in [0.29, 0.717) is 5.57 Å². The minimum Gasteiger partial charge on any atom is -0.267 e. The lowest BCUT2D eigenvalue weighted by Gasteiger charge is -2.17. The molecule has 0 aromatic carbocycles. The van der Waals surface area contributed by atoms with Gasteiger partial charge in [0.2, 0.25) is 0 Å². The molecule has 2 aliphatic rings. The summed E-state index contributed by atoms with van der Waals surface area (Å²) in [6, 6.07) is 0. The number of aliphatic imine (C=N–C) groups is 2. The van der Waals surface area contributed by atoms with Crippen molar-refractivity contribution in [2.45, 2.75) is 20.3 Å². The molecule has 1 aliphatic heterocycles. The van der Waals surface area contributed by atoms with Gasteiger partial charge in [0.25, 0.3) is 5.91 Å². The molecular formula is C10H10N2O. The van der Waals surface area contributed by atoms with Gasteiger partial charge in [-0.2, -0.15) is 4.99 Å². The fraction of sp³-hybridized carbons (Fsp3) is 0.300. The van der Waals surface area contributed by atoms with Crippen LogP contribution in [-0.4, -0.2) is 18.0 Å². The summed E-state index contributed by atoms with van der Waals surface area (Å²) in [5.41, 5.74) is 3.93. The lowest BCUT2D eigenvalue weighted by atomic mass is 9.91. The van der Waals surface area contributed by atoms with Crippen LogP contribution in [0.25, 0.3) is 0 Å². The molecule has 1 heterocycles. The molecule has 66 valence electrons. The van der Waals surface area contributed by atoms with Crippen molar-refractivity contribution < 1.29 is 4.79 Å². The summed E-state index contributed by atoms with van der Waals surface area (Å²) < 4.78 is 0. The van der Waals surface area contributed by atoms with Gasteiger partial charge in [-0.05, 0) is 19.9 Å². The van der Waals surface area contributed by atoms with Crippen molar-refractivity contribution in [1.29, 1.82) is 0 Å². The van der Waals surface area contributed by atoms with Gasteiger partial charge in [-0.1, -0.05) is 11.1 Å². The third-order valence-electron chi connectivity index (χ3n) is 2.40. The average Bonchev–Trinajstić information content (AvgIpc) is 2.09. The van der Waals surface area contributed by atoms with Gasteiger partial charge in [0.15, 0.2) is 0 Å². The lowest BCUT2D eigenvalue weighted by molar-refractivity contribution is -0.113. The third kappa shape index (κ3) is 1.26. The van der Waals surface area contributed by atoms with Gasteiger partial charge in [-0.15, -0.1) is 0 Å². The van der Waals surface area contributed by atoms with Crippen molar-refractivity contribution in [3.05, 3.63) is 22.8 Å². The molecule has 3 nitrogen and oxygen atoms in total. The number of allylic oxidation sites excluding steroid dienone is 3. The number of carbonyl (C=O) groups excluding carboxylic acids is 1. The van der Waals surface area contributed by atoms with Crippen molar-refractivity contribution in [3.63, 3.8) is 0 Å². The zero-order valence-electron chi connectivity index (χ0n) is 7.66. The van der Waals surface area contributed by atoms with Crippen molar-refractivity contribution in [2.75, 3.05) is 0 Å². The predicted molar refractivity (Wildman–Crippen MR) is 52.0 cm³/mol. The number of amides is 1. The Morgan fingerprint density at radius 1 is 1.38 bits per heavy atom. The molecule has 0 N–H and O–H groups in total. The van der Waals surface area contributed by atoms with E-state index < -0.39 is 0 Å². The minimum absolute atomic E-state index is 0.170. The Morgan fingerprint density at radius 3 is 2.92 bits per heavy atom. The number of nitrogens with zero attached hydrogens (tertiary/aromatic N) is 2. The molecule has 3 heteroatoms. The Kier molecular flexibility index (Phi) is 1.72. The maximum Gasteiger partial charge on any atom is 0.280 e. The van der Waals surface area contributed by atoms with E-state index >= 15 is 0 Å². The normalized spacial score (nSPS) is 21.2. The fourth-order valence-electron chi connectivity index (χ4n) is 1.43. The van der Waals surface area contributed by atoms with Crippen molar-refractivity contribution in [3.8, 4) is 0 Å². The predicted octanol–water partition coefficient (Wildman–Crippen LogP) is 1.66. The molecule has 1 amide bonds. The smallest absolute Gasteiger partial charge is 0.267 e. The van der Waals surface area contributed by atoms with Crippen molar-refractivity contribution in [2.24, 2.45) is 9.98 Å². The van der Waals surface area contributed by atoms with E-state index in [0.717, 1.165) is 17.7 Å². The number of hydrogen-bond acceptors (Lipinski definition) is 2. The summed E-state index contributed by atoms with van der Waals surface area (Å²) in [5.74, 6) is -0.170. The number of carbonyl (C=O) groups is 1. The van der Waals surface area contributed by atoms with Gasteiger partial charge < -0.3 is 0 Å².